The van der Waals surface area contributed by atoms with Crippen LogP contribution < -0.4 is 0 Å². The maximum Gasteiger partial charge on any atom is 0.339 e. The Kier molecular flexibility index (Phi) is 4.68. The lowest BCUT2D eigenvalue weighted by molar-refractivity contribution is 0.0696. The van der Waals surface area contributed by atoms with Gasteiger partial charge in [-0.05, 0) is 36.8 Å². The van der Waals surface area contributed by atoms with E-state index < -0.39 is 5.97 Å². The Morgan fingerprint density at radius 1 is 1.28 bits per heavy atom. The number of aromatic carboxylic acids is 1. The van der Waals surface area contributed by atoms with E-state index in [1.54, 1.807) is 28.9 Å². The zero-order chi connectivity index (χ0) is 18.0. The molecule has 0 aliphatic heterocycles. The highest BCUT2D eigenvalue weighted by Crippen LogP contribution is 2.29. The smallest absolute Gasteiger partial charge is 0.339 e. The van der Waals surface area contributed by atoms with Crippen LogP contribution in [0, 0.1) is 11.3 Å². The topological polar surface area (TPSA) is 78.9 Å². The number of rotatable bonds is 4. The number of hydrogen-bond donors (Lipinski definition) is 1. The Morgan fingerprint density at radius 3 is 2.56 bits per heavy atom. The van der Waals surface area contributed by atoms with Gasteiger partial charge in [-0.3, -0.25) is 0 Å². The van der Waals surface area contributed by atoms with Crippen LogP contribution in [-0.2, 0) is 6.42 Å². The minimum absolute atomic E-state index is 0.187. The van der Waals surface area contributed by atoms with Crippen molar-refractivity contribution in [3.05, 3.63) is 69.8 Å². The van der Waals surface area contributed by atoms with E-state index in [0.29, 0.717) is 28.9 Å². The average Bonchev–Trinajstić information content (AvgIpc) is 3.01. The fourth-order valence-electron chi connectivity index (χ4n) is 2.73. The van der Waals surface area contributed by atoms with E-state index in [-0.39, 0.29) is 5.56 Å². The Labute approximate surface area is 153 Å². The molecule has 0 bridgehead atoms. The third-order valence-corrected chi connectivity index (χ3v) is 4.36. The molecule has 0 spiro atoms. The molecule has 0 atom stereocenters. The number of carboxylic acid groups (broad SMARTS) is 1. The molecule has 0 saturated heterocycles. The second kappa shape index (κ2) is 6.91. The largest absolute Gasteiger partial charge is 0.478 e. The van der Waals surface area contributed by atoms with E-state index in [9.17, 15) is 9.90 Å². The molecule has 0 unspecified atom stereocenters. The lowest BCUT2D eigenvalue weighted by atomic mass is 10.0. The number of nitriles is 1. The molecule has 3 aromatic rings. The van der Waals surface area contributed by atoms with Gasteiger partial charge in [0.25, 0.3) is 0 Å². The lowest BCUT2D eigenvalue weighted by Crippen LogP contribution is -2.05. The number of aromatic nitrogens is 2. The van der Waals surface area contributed by atoms with E-state index in [1.165, 1.54) is 0 Å². The van der Waals surface area contributed by atoms with Crippen LogP contribution in [0.25, 0.3) is 16.9 Å². The van der Waals surface area contributed by atoms with Crippen LogP contribution in [0.1, 0.15) is 28.5 Å². The van der Waals surface area contributed by atoms with Crippen LogP contribution in [0.3, 0.4) is 0 Å². The summed E-state index contributed by atoms with van der Waals surface area (Å²) in [7, 11) is 0. The third-order valence-electron chi connectivity index (χ3n) is 3.87. The van der Waals surface area contributed by atoms with Crippen molar-refractivity contribution in [2.75, 3.05) is 0 Å². The zero-order valence-corrected chi connectivity index (χ0v) is 15.0. The minimum atomic E-state index is -1.02. The second-order valence-electron chi connectivity index (χ2n) is 5.41. The van der Waals surface area contributed by atoms with Gasteiger partial charge in [-0.2, -0.15) is 10.4 Å². The molecule has 1 N–H and O–H groups in total. The Hall–Kier alpha value is -2.91. The first-order chi connectivity index (χ1) is 12.0. The van der Waals surface area contributed by atoms with Crippen molar-refractivity contribution >= 4 is 21.9 Å². The predicted molar refractivity (Wildman–Crippen MR) is 97.8 cm³/mol. The number of carboxylic acids is 1. The Morgan fingerprint density at radius 2 is 2.00 bits per heavy atom. The molecule has 1 aromatic heterocycles. The quantitative estimate of drug-likeness (QED) is 0.708. The SMILES string of the molecule is CCc1c(C(=O)O)c(-c2ccc(C#N)cc2)nn1-c1cccc(Br)c1. The summed E-state index contributed by atoms with van der Waals surface area (Å²) >= 11 is 3.43. The minimum Gasteiger partial charge on any atom is -0.478 e. The van der Waals surface area contributed by atoms with Crippen molar-refractivity contribution in [2.45, 2.75) is 13.3 Å². The number of carbonyl (C=O) groups is 1. The third kappa shape index (κ3) is 3.19. The fourth-order valence-corrected chi connectivity index (χ4v) is 3.12. The van der Waals surface area contributed by atoms with Crippen molar-refractivity contribution < 1.29 is 9.90 Å². The summed E-state index contributed by atoms with van der Waals surface area (Å²) in [6, 6.07) is 16.4. The van der Waals surface area contributed by atoms with E-state index in [4.69, 9.17) is 5.26 Å². The van der Waals surface area contributed by atoms with Crippen molar-refractivity contribution in [3.8, 4) is 23.0 Å². The Bertz CT molecular complexity index is 985. The van der Waals surface area contributed by atoms with Gasteiger partial charge in [0.1, 0.15) is 11.3 Å². The van der Waals surface area contributed by atoms with Crippen LogP contribution in [0.15, 0.2) is 53.0 Å². The molecular formula is C19H14BrN3O2. The van der Waals surface area contributed by atoms with Gasteiger partial charge >= 0.3 is 5.97 Å². The molecule has 0 radical (unpaired) electrons. The first-order valence-corrected chi connectivity index (χ1v) is 8.46. The number of halogens is 1. The summed E-state index contributed by atoms with van der Waals surface area (Å²) in [5.41, 5.74) is 3.18. The van der Waals surface area contributed by atoms with E-state index in [0.717, 1.165) is 10.2 Å². The van der Waals surface area contributed by atoms with Gasteiger partial charge in [0.15, 0.2) is 0 Å². The maximum absolute atomic E-state index is 11.9. The highest BCUT2D eigenvalue weighted by Gasteiger charge is 2.24. The molecule has 0 fully saturated rings. The summed E-state index contributed by atoms with van der Waals surface area (Å²) in [5, 5.41) is 23.2. The van der Waals surface area contributed by atoms with Crippen LogP contribution in [0.5, 0.6) is 0 Å². The highest BCUT2D eigenvalue weighted by molar-refractivity contribution is 9.10. The van der Waals surface area contributed by atoms with Crippen molar-refractivity contribution in [1.29, 1.82) is 5.26 Å². The second-order valence-corrected chi connectivity index (χ2v) is 6.33. The van der Waals surface area contributed by atoms with Gasteiger partial charge in [-0.15, -0.1) is 0 Å². The summed E-state index contributed by atoms with van der Waals surface area (Å²) in [4.78, 5) is 11.9. The van der Waals surface area contributed by atoms with Crippen molar-refractivity contribution in [1.82, 2.24) is 9.78 Å². The highest BCUT2D eigenvalue weighted by atomic mass is 79.9. The van der Waals surface area contributed by atoms with Crippen molar-refractivity contribution in [3.63, 3.8) is 0 Å². The van der Waals surface area contributed by atoms with Gasteiger partial charge in [-0.25, -0.2) is 9.48 Å². The molecule has 0 saturated carbocycles. The molecule has 0 aliphatic rings. The normalized spacial score (nSPS) is 10.4. The molecule has 3 rings (SSSR count). The van der Waals surface area contributed by atoms with Crippen molar-refractivity contribution in [2.24, 2.45) is 0 Å². The number of nitrogens with zero attached hydrogens (tertiary/aromatic N) is 3. The van der Waals surface area contributed by atoms with Gasteiger partial charge in [0.2, 0.25) is 0 Å². The average molecular weight is 396 g/mol. The zero-order valence-electron chi connectivity index (χ0n) is 13.4. The molecule has 1 heterocycles. The monoisotopic (exact) mass is 395 g/mol. The first-order valence-electron chi connectivity index (χ1n) is 7.66. The van der Waals surface area contributed by atoms with Gasteiger partial charge in [0.05, 0.1) is 23.0 Å². The van der Waals surface area contributed by atoms with Gasteiger partial charge in [0, 0.05) is 10.0 Å². The molecular weight excluding hydrogens is 382 g/mol. The van der Waals surface area contributed by atoms with Crippen LogP contribution in [0.2, 0.25) is 0 Å². The number of benzene rings is 2. The van der Waals surface area contributed by atoms with Gasteiger partial charge in [-0.1, -0.05) is 41.1 Å². The fraction of sp³-hybridized carbons (Fsp3) is 0.105. The van der Waals surface area contributed by atoms with Crippen LogP contribution in [0.4, 0.5) is 0 Å². The van der Waals surface area contributed by atoms with E-state index >= 15 is 0 Å². The van der Waals surface area contributed by atoms with Gasteiger partial charge < -0.3 is 5.11 Å². The molecule has 124 valence electrons. The van der Waals surface area contributed by atoms with Crippen LogP contribution >= 0.6 is 15.9 Å². The molecule has 6 heteroatoms. The lowest BCUT2D eigenvalue weighted by Gasteiger charge is -2.06. The summed E-state index contributed by atoms with van der Waals surface area (Å²) in [6.45, 7) is 1.90. The summed E-state index contributed by atoms with van der Waals surface area (Å²) in [5.74, 6) is -1.02. The molecule has 0 amide bonds. The standard InChI is InChI=1S/C19H14BrN3O2/c1-2-16-17(19(24)25)18(13-8-6-12(11-21)7-9-13)22-23(16)15-5-3-4-14(20)10-15/h3-10H,2H2,1H3,(H,24,25). The van der Waals surface area contributed by atoms with E-state index in [2.05, 4.69) is 27.1 Å². The van der Waals surface area contributed by atoms with Crippen LogP contribution in [-0.4, -0.2) is 20.9 Å². The molecule has 5 nitrogen and oxygen atoms in total. The molecule has 0 aliphatic carbocycles. The predicted octanol–water partition coefficient (Wildman–Crippen LogP) is 4.43. The summed E-state index contributed by atoms with van der Waals surface area (Å²) < 4.78 is 2.56. The Balaban J connectivity index is 2.25. The van der Waals surface area contributed by atoms with E-state index in [1.807, 2.05) is 31.2 Å². The molecule has 2 aromatic carbocycles. The maximum atomic E-state index is 11.9. The first kappa shape index (κ1) is 16.9. The number of hydrogen-bond acceptors (Lipinski definition) is 3. The molecule has 25 heavy (non-hydrogen) atoms. The summed E-state index contributed by atoms with van der Waals surface area (Å²) in [6.07, 6.45) is 0.525.